The van der Waals surface area contributed by atoms with Crippen LogP contribution in [0, 0.1) is 0 Å². The number of para-hydroxylation sites is 1. The third-order valence-corrected chi connectivity index (χ3v) is 5.99. The SMILES string of the molecule is COc1ccccc1[C@H]1CCN(S(=O)(=O)c2ccccc2)C1. The summed E-state index contributed by atoms with van der Waals surface area (Å²) in [6.07, 6.45) is 0.812. The van der Waals surface area contributed by atoms with E-state index in [-0.39, 0.29) is 5.92 Å². The number of hydrogen-bond acceptors (Lipinski definition) is 3. The molecule has 0 radical (unpaired) electrons. The molecule has 116 valence electrons. The van der Waals surface area contributed by atoms with Gasteiger partial charge in [0.25, 0.3) is 0 Å². The van der Waals surface area contributed by atoms with Crippen LogP contribution in [0.4, 0.5) is 0 Å². The molecule has 0 bridgehead atoms. The van der Waals surface area contributed by atoms with Crippen molar-refractivity contribution in [2.75, 3.05) is 20.2 Å². The highest BCUT2D eigenvalue weighted by atomic mass is 32.2. The molecule has 2 aromatic rings. The Morgan fingerprint density at radius 3 is 2.45 bits per heavy atom. The number of hydrogen-bond donors (Lipinski definition) is 0. The maximum atomic E-state index is 12.7. The highest BCUT2D eigenvalue weighted by Gasteiger charge is 2.34. The Morgan fingerprint density at radius 2 is 1.73 bits per heavy atom. The van der Waals surface area contributed by atoms with E-state index in [0.717, 1.165) is 17.7 Å². The smallest absolute Gasteiger partial charge is 0.243 e. The summed E-state index contributed by atoms with van der Waals surface area (Å²) in [6.45, 7) is 1.04. The van der Waals surface area contributed by atoms with E-state index in [9.17, 15) is 8.42 Å². The van der Waals surface area contributed by atoms with Gasteiger partial charge < -0.3 is 4.74 Å². The van der Waals surface area contributed by atoms with E-state index in [0.29, 0.717) is 18.0 Å². The summed E-state index contributed by atoms with van der Waals surface area (Å²) >= 11 is 0. The molecule has 0 unspecified atom stereocenters. The molecule has 3 rings (SSSR count). The highest BCUT2D eigenvalue weighted by Crippen LogP contribution is 2.35. The molecule has 0 spiro atoms. The Bertz CT molecular complexity index is 744. The van der Waals surface area contributed by atoms with Gasteiger partial charge in [-0.3, -0.25) is 0 Å². The molecule has 4 nitrogen and oxygen atoms in total. The van der Waals surface area contributed by atoms with Gasteiger partial charge in [-0.1, -0.05) is 36.4 Å². The van der Waals surface area contributed by atoms with Gasteiger partial charge in [-0.15, -0.1) is 0 Å². The monoisotopic (exact) mass is 317 g/mol. The first kappa shape index (κ1) is 15.1. The van der Waals surface area contributed by atoms with Gasteiger partial charge in [0.05, 0.1) is 12.0 Å². The van der Waals surface area contributed by atoms with Crippen molar-refractivity contribution < 1.29 is 13.2 Å². The zero-order valence-corrected chi connectivity index (χ0v) is 13.3. The molecule has 0 amide bonds. The molecule has 1 aliphatic heterocycles. The van der Waals surface area contributed by atoms with E-state index in [2.05, 4.69) is 0 Å². The number of rotatable bonds is 4. The fraction of sp³-hybridized carbons (Fsp3) is 0.294. The molecule has 0 saturated carbocycles. The standard InChI is InChI=1S/C17H19NO3S/c1-21-17-10-6-5-9-16(17)14-11-12-18(13-14)22(19,20)15-7-3-2-4-8-15/h2-10,14H,11-13H2,1H3/t14-/m0/s1. The quantitative estimate of drug-likeness (QED) is 0.871. The van der Waals surface area contributed by atoms with Gasteiger partial charge in [-0.2, -0.15) is 4.31 Å². The largest absolute Gasteiger partial charge is 0.496 e. The molecule has 0 aliphatic carbocycles. The van der Waals surface area contributed by atoms with E-state index >= 15 is 0 Å². The number of sulfonamides is 1. The minimum atomic E-state index is -3.41. The lowest BCUT2D eigenvalue weighted by atomic mass is 9.97. The zero-order valence-electron chi connectivity index (χ0n) is 12.5. The molecular weight excluding hydrogens is 298 g/mol. The van der Waals surface area contributed by atoms with E-state index in [1.54, 1.807) is 35.7 Å². The second-order valence-corrected chi connectivity index (χ2v) is 7.34. The van der Waals surface area contributed by atoms with Gasteiger partial charge in [0.1, 0.15) is 5.75 Å². The Morgan fingerprint density at radius 1 is 1.05 bits per heavy atom. The predicted molar refractivity (Wildman–Crippen MR) is 85.6 cm³/mol. The Balaban J connectivity index is 1.83. The molecule has 5 heteroatoms. The number of nitrogens with zero attached hydrogens (tertiary/aromatic N) is 1. The van der Waals surface area contributed by atoms with Crippen molar-refractivity contribution in [2.45, 2.75) is 17.2 Å². The summed E-state index contributed by atoms with van der Waals surface area (Å²) in [5.41, 5.74) is 1.08. The van der Waals surface area contributed by atoms with E-state index in [4.69, 9.17) is 4.74 Å². The maximum absolute atomic E-state index is 12.7. The molecular formula is C17H19NO3S. The second-order valence-electron chi connectivity index (χ2n) is 5.40. The van der Waals surface area contributed by atoms with Crippen molar-refractivity contribution in [1.82, 2.24) is 4.31 Å². The summed E-state index contributed by atoms with van der Waals surface area (Å²) in [5, 5.41) is 0. The van der Waals surface area contributed by atoms with Crippen LogP contribution in [-0.4, -0.2) is 32.9 Å². The van der Waals surface area contributed by atoms with Crippen LogP contribution in [0.15, 0.2) is 59.5 Å². The average molecular weight is 317 g/mol. The molecule has 1 saturated heterocycles. The third-order valence-electron chi connectivity index (χ3n) is 4.11. The topological polar surface area (TPSA) is 46.6 Å². The summed E-state index contributed by atoms with van der Waals surface area (Å²) in [6, 6.07) is 16.4. The summed E-state index contributed by atoms with van der Waals surface area (Å²) in [5.74, 6) is 1.00. The second kappa shape index (κ2) is 6.10. The van der Waals surface area contributed by atoms with Gasteiger partial charge in [-0.05, 0) is 30.2 Å². The molecule has 1 atom stereocenters. The first-order valence-corrected chi connectivity index (χ1v) is 8.75. The van der Waals surface area contributed by atoms with Crippen molar-refractivity contribution in [1.29, 1.82) is 0 Å². The van der Waals surface area contributed by atoms with Crippen LogP contribution in [-0.2, 0) is 10.0 Å². The molecule has 0 N–H and O–H groups in total. The first-order valence-electron chi connectivity index (χ1n) is 7.31. The Labute approximate surface area is 131 Å². The van der Waals surface area contributed by atoms with E-state index in [1.165, 1.54) is 0 Å². The van der Waals surface area contributed by atoms with E-state index in [1.807, 2.05) is 30.3 Å². The van der Waals surface area contributed by atoms with Gasteiger partial charge >= 0.3 is 0 Å². The minimum Gasteiger partial charge on any atom is -0.496 e. The summed E-state index contributed by atoms with van der Waals surface area (Å²) in [4.78, 5) is 0.357. The van der Waals surface area contributed by atoms with Crippen LogP contribution < -0.4 is 4.74 Å². The normalized spacial score (nSPS) is 19.2. The Hall–Kier alpha value is -1.85. The summed E-state index contributed by atoms with van der Waals surface area (Å²) < 4.78 is 32.3. The predicted octanol–water partition coefficient (Wildman–Crippen LogP) is 2.87. The fourth-order valence-corrected chi connectivity index (χ4v) is 4.47. The van der Waals surface area contributed by atoms with Gasteiger partial charge in [0.15, 0.2) is 0 Å². The fourth-order valence-electron chi connectivity index (χ4n) is 2.95. The summed E-state index contributed by atoms with van der Waals surface area (Å²) in [7, 11) is -1.76. The van der Waals surface area contributed by atoms with Crippen LogP contribution >= 0.6 is 0 Å². The lowest BCUT2D eigenvalue weighted by Crippen LogP contribution is -2.28. The van der Waals surface area contributed by atoms with Gasteiger partial charge in [-0.25, -0.2) is 8.42 Å². The van der Waals surface area contributed by atoms with Crippen LogP contribution in [0.2, 0.25) is 0 Å². The molecule has 2 aromatic carbocycles. The van der Waals surface area contributed by atoms with Crippen molar-refractivity contribution in [3.8, 4) is 5.75 Å². The maximum Gasteiger partial charge on any atom is 0.243 e. The molecule has 0 aromatic heterocycles. The van der Waals surface area contributed by atoms with Crippen LogP contribution in [0.5, 0.6) is 5.75 Å². The van der Waals surface area contributed by atoms with Crippen LogP contribution in [0.25, 0.3) is 0 Å². The van der Waals surface area contributed by atoms with Crippen molar-refractivity contribution in [2.24, 2.45) is 0 Å². The molecule has 22 heavy (non-hydrogen) atoms. The molecule has 1 heterocycles. The average Bonchev–Trinajstić information content (AvgIpc) is 3.06. The van der Waals surface area contributed by atoms with Gasteiger partial charge in [0, 0.05) is 19.0 Å². The number of ether oxygens (including phenoxy) is 1. The number of methoxy groups -OCH3 is 1. The van der Waals surface area contributed by atoms with Gasteiger partial charge in [0.2, 0.25) is 10.0 Å². The number of benzene rings is 2. The zero-order chi connectivity index (χ0) is 15.6. The molecule has 1 fully saturated rings. The van der Waals surface area contributed by atoms with Crippen molar-refractivity contribution in [3.63, 3.8) is 0 Å². The molecule has 1 aliphatic rings. The van der Waals surface area contributed by atoms with Crippen molar-refractivity contribution in [3.05, 3.63) is 60.2 Å². The first-order chi connectivity index (χ1) is 10.6. The van der Waals surface area contributed by atoms with Crippen LogP contribution in [0.1, 0.15) is 17.9 Å². The van der Waals surface area contributed by atoms with Crippen molar-refractivity contribution >= 4 is 10.0 Å². The lowest BCUT2D eigenvalue weighted by molar-refractivity contribution is 0.405. The van der Waals surface area contributed by atoms with Crippen LogP contribution in [0.3, 0.4) is 0 Å². The van der Waals surface area contributed by atoms with E-state index < -0.39 is 10.0 Å². The third kappa shape index (κ3) is 2.74. The minimum absolute atomic E-state index is 0.176. The Kier molecular flexibility index (Phi) is 4.18. The highest BCUT2D eigenvalue weighted by molar-refractivity contribution is 7.89. The lowest BCUT2D eigenvalue weighted by Gasteiger charge is -2.18.